The van der Waals surface area contributed by atoms with Crippen LogP contribution in [0.25, 0.3) is 0 Å². The molecule has 7 heteroatoms. The fraction of sp³-hybridized carbons (Fsp3) is 0.533. The van der Waals surface area contributed by atoms with Crippen LogP contribution < -0.4 is 4.72 Å². The lowest BCUT2D eigenvalue weighted by Gasteiger charge is -2.56. The van der Waals surface area contributed by atoms with Gasteiger partial charge in [0.2, 0.25) is 10.0 Å². The molecule has 3 unspecified atom stereocenters. The van der Waals surface area contributed by atoms with E-state index in [2.05, 4.69) is 4.72 Å². The lowest BCUT2D eigenvalue weighted by Crippen LogP contribution is -2.67. The van der Waals surface area contributed by atoms with Gasteiger partial charge in [0.05, 0.1) is 21.6 Å². The van der Waals surface area contributed by atoms with Crippen molar-refractivity contribution < 1.29 is 13.2 Å². The van der Waals surface area contributed by atoms with Crippen LogP contribution in [0.4, 0.5) is 0 Å². The predicted molar refractivity (Wildman–Crippen MR) is 84.0 cm³/mol. The van der Waals surface area contributed by atoms with Gasteiger partial charge in [0.15, 0.2) is 0 Å². The molecule has 1 aromatic rings. The van der Waals surface area contributed by atoms with Crippen LogP contribution in [-0.4, -0.2) is 27.7 Å². The van der Waals surface area contributed by atoms with Gasteiger partial charge in [0.25, 0.3) is 0 Å². The molecule has 1 saturated carbocycles. The Morgan fingerprint density at radius 3 is 2.55 bits per heavy atom. The van der Waals surface area contributed by atoms with E-state index in [1.165, 1.54) is 18.2 Å². The highest BCUT2D eigenvalue weighted by molar-refractivity contribution is 7.89. The van der Waals surface area contributed by atoms with E-state index in [4.69, 9.17) is 21.6 Å². The van der Waals surface area contributed by atoms with Gasteiger partial charge in [-0.2, -0.15) is 5.26 Å². The van der Waals surface area contributed by atoms with E-state index in [1.807, 2.05) is 26.8 Å². The summed E-state index contributed by atoms with van der Waals surface area (Å²) in [7, 11) is -2.09. The Morgan fingerprint density at radius 1 is 1.41 bits per heavy atom. The van der Waals surface area contributed by atoms with Gasteiger partial charge in [0.1, 0.15) is 6.07 Å². The Kier molecular flexibility index (Phi) is 4.56. The quantitative estimate of drug-likeness (QED) is 0.912. The highest BCUT2D eigenvalue weighted by atomic mass is 35.5. The number of benzene rings is 1. The molecule has 0 radical (unpaired) electrons. The van der Waals surface area contributed by atoms with Crippen molar-refractivity contribution in [2.45, 2.75) is 37.8 Å². The first-order valence-electron chi connectivity index (χ1n) is 6.90. The normalized spacial score (nSPS) is 27.0. The monoisotopic (exact) mass is 342 g/mol. The Bertz CT molecular complexity index is 725. The molecular weight excluding hydrogens is 324 g/mol. The lowest BCUT2D eigenvalue weighted by atomic mass is 9.58. The summed E-state index contributed by atoms with van der Waals surface area (Å²) in [5.41, 5.74) is -0.161. The number of hydrogen-bond donors (Lipinski definition) is 1. The first kappa shape index (κ1) is 17.2. The Balaban J connectivity index is 2.28. The van der Waals surface area contributed by atoms with Gasteiger partial charge in [0, 0.05) is 18.6 Å². The second-order valence-electron chi connectivity index (χ2n) is 6.19. The molecule has 1 aliphatic rings. The summed E-state index contributed by atoms with van der Waals surface area (Å²) in [5.74, 6) is 0.0671. The van der Waals surface area contributed by atoms with Crippen molar-refractivity contribution in [3.63, 3.8) is 0 Å². The summed E-state index contributed by atoms with van der Waals surface area (Å²) in [6, 6.07) is 5.76. The topological polar surface area (TPSA) is 79.2 Å². The van der Waals surface area contributed by atoms with Crippen molar-refractivity contribution in [1.82, 2.24) is 4.72 Å². The summed E-state index contributed by atoms with van der Waals surface area (Å²) < 4.78 is 33.2. The van der Waals surface area contributed by atoms with E-state index in [1.54, 1.807) is 7.11 Å². The maximum atomic E-state index is 12.5. The molecule has 5 nitrogen and oxygen atoms in total. The van der Waals surface area contributed by atoms with Crippen LogP contribution in [0.1, 0.15) is 26.3 Å². The van der Waals surface area contributed by atoms with E-state index in [0.29, 0.717) is 0 Å². The molecule has 0 amide bonds. The number of ether oxygens (including phenoxy) is 1. The van der Waals surface area contributed by atoms with E-state index < -0.39 is 10.0 Å². The molecule has 0 aliphatic heterocycles. The van der Waals surface area contributed by atoms with E-state index in [-0.39, 0.29) is 39.0 Å². The molecule has 2 rings (SSSR count). The van der Waals surface area contributed by atoms with Crippen LogP contribution in [0.5, 0.6) is 0 Å². The van der Waals surface area contributed by atoms with E-state index in [0.717, 1.165) is 0 Å². The van der Waals surface area contributed by atoms with Crippen LogP contribution >= 0.6 is 11.6 Å². The number of sulfonamides is 1. The number of nitrogens with zero attached hydrogens (tertiary/aromatic N) is 1. The molecule has 120 valence electrons. The smallest absolute Gasteiger partial charge is 0.240 e. The zero-order chi connectivity index (χ0) is 16.7. The van der Waals surface area contributed by atoms with Crippen LogP contribution in [0, 0.1) is 22.7 Å². The number of halogens is 1. The molecule has 22 heavy (non-hydrogen) atoms. The SMILES string of the molecule is COC1C(C)C(NS(=O)(=O)c2ccc(Cl)c(C#N)c2)C1(C)C. The number of hydrogen-bond acceptors (Lipinski definition) is 4. The fourth-order valence-electron chi connectivity index (χ4n) is 3.36. The van der Waals surface area contributed by atoms with E-state index in [9.17, 15) is 8.42 Å². The van der Waals surface area contributed by atoms with Gasteiger partial charge in [-0.3, -0.25) is 0 Å². The van der Waals surface area contributed by atoms with Gasteiger partial charge < -0.3 is 4.74 Å². The second-order valence-corrected chi connectivity index (χ2v) is 8.31. The fourth-order valence-corrected chi connectivity index (χ4v) is 5.03. The Morgan fingerprint density at radius 2 is 2.05 bits per heavy atom. The summed E-state index contributed by atoms with van der Waals surface area (Å²) >= 11 is 5.84. The van der Waals surface area contributed by atoms with Gasteiger partial charge in [-0.25, -0.2) is 13.1 Å². The second kappa shape index (κ2) is 5.82. The molecule has 1 aliphatic carbocycles. The van der Waals surface area contributed by atoms with Crippen LogP contribution in [-0.2, 0) is 14.8 Å². The average Bonchev–Trinajstić information content (AvgIpc) is 2.45. The molecule has 1 N–H and O–H groups in total. The minimum absolute atomic E-state index is 0.0000808. The molecular formula is C15H19ClN2O3S. The van der Waals surface area contributed by atoms with Crippen LogP contribution in [0.2, 0.25) is 5.02 Å². The molecule has 3 atom stereocenters. The molecule has 0 saturated heterocycles. The van der Waals surface area contributed by atoms with Crippen molar-refractivity contribution in [2.75, 3.05) is 7.11 Å². The molecule has 0 spiro atoms. The Labute approximate surface area is 136 Å². The van der Waals surface area contributed by atoms with Gasteiger partial charge >= 0.3 is 0 Å². The predicted octanol–water partition coefficient (Wildman–Crippen LogP) is 2.55. The molecule has 0 aromatic heterocycles. The maximum absolute atomic E-state index is 12.5. The molecule has 0 bridgehead atoms. The summed E-state index contributed by atoms with van der Waals surface area (Å²) in [4.78, 5) is 0.0392. The van der Waals surface area contributed by atoms with Gasteiger partial charge in [-0.1, -0.05) is 32.4 Å². The minimum Gasteiger partial charge on any atom is -0.380 e. The molecule has 0 heterocycles. The molecule has 1 fully saturated rings. The first-order chi connectivity index (χ1) is 10.1. The van der Waals surface area contributed by atoms with Gasteiger partial charge in [-0.15, -0.1) is 0 Å². The third-order valence-electron chi connectivity index (χ3n) is 4.44. The van der Waals surface area contributed by atoms with Crippen molar-refractivity contribution in [1.29, 1.82) is 5.26 Å². The lowest BCUT2D eigenvalue weighted by molar-refractivity contribution is -0.138. The first-order valence-corrected chi connectivity index (χ1v) is 8.76. The number of methoxy groups -OCH3 is 1. The highest BCUT2D eigenvalue weighted by Gasteiger charge is 2.55. The Hall–Kier alpha value is -1.13. The van der Waals surface area contributed by atoms with Crippen LogP contribution in [0.3, 0.4) is 0 Å². The van der Waals surface area contributed by atoms with E-state index >= 15 is 0 Å². The molecule has 1 aromatic carbocycles. The van der Waals surface area contributed by atoms with Gasteiger partial charge in [-0.05, 0) is 24.1 Å². The van der Waals surface area contributed by atoms with Crippen LogP contribution in [0.15, 0.2) is 23.1 Å². The maximum Gasteiger partial charge on any atom is 0.240 e. The summed E-state index contributed by atoms with van der Waals surface area (Å²) in [6.45, 7) is 5.89. The number of nitriles is 1. The van der Waals surface area contributed by atoms with Crippen molar-refractivity contribution in [2.24, 2.45) is 11.3 Å². The standard InChI is InChI=1S/C15H19ClN2O3S/c1-9-13(15(2,3)14(9)21-4)18-22(19,20)11-5-6-12(16)10(7-11)8-17/h5-7,9,13-14,18H,1-4H3. The number of nitrogens with one attached hydrogen (secondary N) is 1. The third-order valence-corrected chi connectivity index (χ3v) is 6.21. The van der Waals surface area contributed by atoms with Crippen molar-refractivity contribution in [3.05, 3.63) is 28.8 Å². The summed E-state index contributed by atoms with van der Waals surface area (Å²) in [6.07, 6.45) is 0.0000808. The minimum atomic E-state index is -3.72. The zero-order valence-corrected chi connectivity index (χ0v) is 14.5. The summed E-state index contributed by atoms with van der Waals surface area (Å²) in [5, 5.41) is 9.21. The zero-order valence-electron chi connectivity index (χ0n) is 12.9. The highest BCUT2D eigenvalue weighted by Crippen LogP contribution is 2.47. The largest absolute Gasteiger partial charge is 0.380 e. The van der Waals surface area contributed by atoms with Crippen molar-refractivity contribution in [3.8, 4) is 6.07 Å². The average molecular weight is 343 g/mol. The number of rotatable bonds is 4. The third kappa shape index (κ3) is 2.74. The van der Waals surface area contributed by atoms with Crippen molar-refractivity contribution >= 4 is 21.6 Å².